The number of benzene rings is 1. The number of esters is 4. The zero-order chi connectivity index (χ0) is 32.2. The molecule has 0 aromatic heterocycles. The van der Waals surface area contributed by atoms with Crippen molar-refractivity contribution in [2.45, 2.75) is 57.4 Å². The molecule has 2 aliphatic rings. The van der Waals surface area contributed by atoms with E-state index in [2.05, 4.69) is 5.32 Å². The van der Waals surface area contributed by atoms with E-state index in [-0.39, 0.29) is 31.7 Å². The van der Waals surface area contributed by atoms with Crippen LogP contribution in [0.2, 0.25) is 0 Å². The van der Waals surface area contributed by atoms with Crippen LogP contribution in [-0.4, -0.2) is 92.7 Å². The van der Waals surface area contributed by atoms with Crippen molar-refractivity contribution >= 4 is 35.7 Å². The third-order valence-corrected chi connectivity index (χ3v) is 6.63. The van der Waals surface area contributed by atoms with E-state index in [0.29, 0.717) is 5.56 Å². The number of ether oxygens (including phenoxy) is 7. The number of rotatable bonds is 8. The second-order valence-electron chi connectivity index (χ2n) is 9.50. The molecule has 0 unspecified atom stereocenters. The first kappa shape index (κ1) is 34.0. The van der Waals surface area contributed by atoms with E-state index in [0.717, 1.165) is 0 Å². The van der Waals surface area contributed by atoms with Crippen LogP contribution in [0.15, 0.2) is 36.4 Å². The third kappa shape index (κ3) is 8.53. The number of allylic oxidation sites excluding steroid dienone is 2. The molecule has 0 spiro atoms. The molecule has 3 rings (SSSR count). The molecule has 15 nitrogen and oxygen atoms in total. The lowest BCUT2D eigenvalue weighted by molar-refractivity contribution is -0.300. The Morgan fingerprint density at radius 3 is 1.98 bits per heavy atom. The normalized spacial score (nSPS) is 27.8. The molecule has 0 saturated carbocycles. The molecule has 2 aliphatic heterocycles. The Bertz CT molecular complexity index is 1260. The number of hydrogen-bond acceptors (Lipinski definition) is 14. The van der Waals surface area contributed by atoms with Crippen LogP contribution in [0.5, 0.6) is 0 Å². The van der Waals surface area contributed by atoms with Crippen molar-refractivity contribution in [1.29, 1.82) is 5.26 Å². The van der Waals surface area contributed by atoms with E-state index in [1.165, 1.54) is 43.5 Å². The number of carbonyl (C=O) groups is 5. The largest absolute Gasteiger partial charge is 0.465 e. The summed E-state index contributed by atoms with van der Waals surface area (Å²) < 4.78 is 37.9. The summed E-state index contributed by atoms with van der Waals surface area (Å²) in [6.07, 6.45) is -6.44. The molecular weight excluding hydrogens is 584 g/mol. The molecule has 2 heterocycles. The summed E-state index contributed by atoms with van der Waals surface area (Å²) >= 11 is 0. The van der Waals surface area contributed by atoms with Crippen LogP contribution < -0.4 is 5.32 Å². The molecule has 0 bridgehead atoms. The molecule has 0 radical (unpaired) electrons. The predicted molar refractivity (Wildman–Crippen MR) is 146 cm³/mol. The van der Waals surface area contributed by atoms with Crippen molar-refractivity contribution < 1.29 is 62.2 Å². The van der Waals surface area contributed by atoms with E-state index in [1.54, 1.807) is 13.8 Å². The first-order chi connectivity index (χ1) is 21.2. The molecule has 238 valence electrons. The molecule has 44 heavy (non-hydrogen) atoms. The molecule has 7 atom stereocenters. The minimum Gasteiger partial charge on any atom is -0.465 e. The second kappa shape index (κ2) is 16.4. The standard InChI is InChI=1S/C29H34N2O13/c1-4-39-24(33)18-8-6-7-9-19(25(34)40-5-2)27(36)43-23-22(42-26(18)35)21(20(15-32)41-28(23)38-3)44-29(37)31-17-12-10-16(14-30)11-13-17/h6-7,10-13,18-23,28,32H,4-5,8-9,15H2,1-3H3,(H,31,37)/b7-6-/t18-,19-,20-,21-,22+,23-,28+/m1/s1. The number of nitriles is 1. The zero-order valence-corrected chi connectivity index (χ0v) is 24.3. The first-order valence-corrected chi connectivity index (χ1v) is 13.8. The highest BCUT2D eigenvalue weighted by Crippen LogP contribution is 2.31. The average Bonchev–Trinajstić information content (AvgIpc) is 3.00. The lowest BCUT2D eigenvalue weighted by Gasteiger charge is -2.44. The van der Waals surface area contributed by atoms with Crippen LogP contribution >= 0.6 is 0 Å². The molecule has 1 amide bonds. The molecule has 1 saturated heterocycles. The van der Waals surface area contributed by atoms with Crippen molar-refractivity contribution in [3.63, 3.8) is 0 Å². The van der Waals surface area contributed by atoms with Crippen molar-refractivity contribution in [1.82, 2.24) is 0 Å². The number of nitrogens with one attached hydrogen (secondary N) is 1. The molecule has 15 heteroatoms. The van der Waals surface area contributed by atoms with Gasteiger partial charge in [-0.2, -0.15) is 5.26 Å². The van der Waals surface area contributed by atoms with Gasteiger partial charge in [0.1, 0.15) is 6.10 Å². The summed E-state index contributed by atoms with van der Waals surface area (Å²) in [5, 5.41) is 21.6. The molecular formula is C29H34N2O13. The van der Waals surface area contributed by atoms with Crippen LogP contribution in [0.25, 0.3) is 0 Å². The fourth-order valence-electron chi connectivity index (χ4n) is 4.48. The van der Waals surface area contributed by atoms with Crippen LogP contribution in [0.3, 0.4) is 0 Å². The fraction of sp³-hybridized carbons (Fsp3) is 0.517. The molecule has 1 aromatic carbocycles. The number of nitrogens with zero attached hydrogens (tertiary/aromatic N) is 1. The SMILES string of the molecule is CCOC(=O)[C@H]1C/C=C\C[C@H](C(=O)OCC)C(=O)O[C@H]2[C@@H](OC)O[C@H](CO)[C@@H](OC(=O)Nc3ccc(C#N)cc3)[C@@H]2OC1=O. The van der Waals surface area contributed by atoms with Gasteiger partial charge in [-0.1, -0.05) is 12.2 Å². The van der Waals surface area contributed by atoms with Gasteiger partial charge in [-0.3, -0.25) is 24.5 Å². The topological polar surface area (TPSA) is 206 Å². The maximum absolute atomic E-state index is 13.4. The van der Waals surface area contributed by atoms with Crippen molar-refractivity contribution in [2.75, 3.05) is 32.2 Å². The van der Waals surface area contributed by atoms with Gasteiger partial charge < -0.3 is 38.3 Å². The summed E-state index contributed by atoms with van der Waals surface area (Å²) in [4.78, 5) is 65.1. The van der Waals surface area contributed by atoms with Gasteiger partial charge in [0, 0.05) is 12.8 Å². The Kier molecular flexibility index (Phi) is 12.6. The molecule has 0 aliphatic carbocycles. The summed E-state index contributed by atoms with van der Waals surface area (Å²) in [6, 6.07) is 7.73. The quantitative estimate of drug-likeness (QED) is 0.183. The van der Waals surface area contributed by atoms with Crippen LogP contribution in [0.1, 0.15) is 32.3 Å². The van der Waals surface area contributed by atoms with Crippen LogP contribution in [0, 0.1) is 23.2 Å². The lowest BCUT2D eigenvalue weighted by atomic mass is 9.96. The van der Waals surface area contributed by atoms with E-state index in [1.807, 2.05) is 6.07 Å². The smallest absolute Gasteiger partial charge is 0.412 e. The summed E-state index contributed by atoms with van der Waals surface area (Å²) in [7, 11) is 1.19. The number of anilines is 1. The Morgan fingerprint density at radius 2 is 1.50 bits per heavy atom. The average molecular weight is 619 g/mol. The van der Waals surface area contributed by atoms with E-state index in [9.17, 15) is 29.1 Å². The number of methoxy groups -OCH3 is 1. The minimum absolute atomic E-state index is 0.0207. The number of aliphatic hydroxyl groups excluding tert-OH is 1. The van der Waals surface area contributed by atoms with E-state index < -0.39 is 79.1 Å². The van der Waals surface area contributed by atoms with Crippen LogP contribution in [-0.2, 0) is 52.3 Å². The number of amides is 1. The summed E-state index contributed by atoms with van der Waals surface area (Å²) in [5.41, 5.74) is 0.582. The van der Waals surface area contributed by atoms with Gasteiger partial charge in [0.15, 0.2) is 36.4 Å². The summed E-state index contributed by atoms with van der Waals surface area (Å²) in [5.74, 6) is -6.89. The first-order valence-electron chi connectivity index (χ1n) is 13.8. The maximum Gasteiger partial charge on any atom is 0.412 e. The molecule has 1 fully saturated rings. The van der Waals surface area contributed by atoms with Crippen molar-refractivity contribution in [3.05, 3.63) is 42.0 Å². The third-order valence-electron chi connectivity index (χ3n) is 6.63. The van der Waals surface area contributed by atoms with E-state index >= 15 is 0 Å². The fourth-order valence-corrected chi connectivity index (χ4v) is 4.48. The van der Waals surface area contributed by atoms with Crippen molar-refractivity contribution in [3.8, 4) is 6.07 Å². The Morgan fingerprint density at radius 1 is 0.955 bits per heavy atom. The van der Waals surface area contributed by atoms with Crippen molar-refractivity contribution in [2.24, 2.45) is 11.8 Å². The number of hydrogen-bond donors (Lipinski definition) is 2. The second-order valence-corrected chi connectivity index (χ2v) is 9.50. The summed E-state index contributed by atoms with van der Waals surface area (Å²) in [6.45, 7) is 2.29. The molecule has 2 N–H and O–H groups in total. The van der Waals surface area contributed by atoms with Gasteiger partial charge in [-0.25, -0.2) is 4.79 Å². The van der Waals surface area contributed by atoms with Gasteiger partial charge in [-0.05, 0) is 51.0 Å². The van der Waals surface area contributed by atoms with Gasteiger partial charge in [0.05, 0.1) is 31.5 Å². The molecule has 1 aromatic rings. The zero-order valence-electron chi connectivity index (χ0n) is 24.3. The maximum atomic E-state index is 13.4. The predicted octanol–water partition coefficient (Wildman–Crippen LogP) is 1.37. The van der Waals surface area contributed by atoms with E-state index in [4.69, 9.17) is 38.4 Å². The highest BCUT2D eigenvalue weighted by molar-refractivity contribution is 5.96. The highest BCUT2D eigenvalue weighted by Gasteiger charge is 2.54. The Labute approximate surface area is 252 Å². The van der Waals surface area contributed by atoms with Crippen LogP contribution in [0.4, 0.5) is 10.5 Å². The lowest BCUT2D eigenvalue weighted by Crippen LogP contribution is -2.63. The monoisotopic (exact) mass is 618 g/mol. The van der Waals surface area contributed by atoms with Gasteiger partial charge in [0.25, 0.3) is 0 Å². The number of aliphatic hydroxyl groups is 1. The Hall–Kier alpha value is -4.52. The number of fused-ring (bicyclic) bond motifs is 1. The van der Waals surface area contributed by atoms with Gasteiger partial charge in [-0.15, -0.1) is 0 Å². The highest BCUT2D eigenvalue weighted by atomic mass is 16.7. The van der Waals surface area contributed by atoms with Gasteiger partial charge in [0.2, 0.25) is 0 Å². The number of carbonyl (C=O) groups excluding carboxylic acids is 5. The minimum atomic E-state index is -1.70. The van der Waals surface area contributed by atoms with Gasteiger partial charge >= 0.3 is 30.0 Å². The Balaban J connectivity index is 2.03.